The van der Waals surface area contributed by atoms with Crippen LogP contribution in [0.3, 0.4) is 0 Å². The van der Waals surface area contributed by atoms with Crippen LogP contribution in [-0.2, 0) is 4.79 Å². The zero-order valence-electron chi connectivity index (χ0n) is 19.1. The molecule has 178 valence electrons. The van der Waals surface area contributed by atoms with Gasteiger partial charge in [0.15, 0.2) is 11.5 Å². The molecule has 0 spiro atoms. The second-order valence-electron chi connectivity index (χ2n) is 8.15. The minimum absolute atomic E-state index is 0.0370. The van der Waals surface area contributed by atoms with Gasteiger partial charge < -0.3 is 14.4 Å². The number of amides is 1. The van der Waals surface area contributed by atoms with Crippen LogP contribution in [-0.4, -0.2) is 45.1 Å². The quantitative estimate of drug-likeness (QED) is 0.394. The fourth-order valence-electron chi connectivity index (χ4n) is 4.47. The number of benzene rings is 2. The van der Waals surface area contributed by atoms with Crippen molar-refractivity contribution >= 4 is 16.9 Å². The standard InChI is InChI=1S/C26H23FN4O4/c1-3-24(32)29-14-12-18(16-29)31-20-11-13-28-15-21(20)30(26(31)33)17-7-9-19(10-8-17)35-23-6-4-5-22(34-2)25(23)27/h3-11,13,15,18H,1,12,14,16H2,2H3. The summed E-state index contributed by atoms with van der Waals surface area (Å²) in [6.45, 7) is 4.55. The first kappa shape index (κ1) is 22.4. The predicted octanol–water partition coefficient (Wildman–Crippen LogP) is 4.09. The van der Waals surface area contributed by atoms with Crippen LogP contribution in [0.5, 0.6) is 17.2 Å². The first-order chi connectivity index (χ1) is 17.0. The molecular formula is C26H23FN4O4. The molecule has 0 radical (unpaired) electrons. The van der Waals surface area contributed by atoms with E-state index in [0.29, 0.717) is 36.5 Å². The number of halogens is 1. The molecule has 8 nitrogen and oxygen atoms in total. The molecule has 2 aromatic heterocycles. The Labute approximate surface area is 200 Å². The van der Waals surface area contributed by atoms with E-state index in [4.69, 9.17) is 9.47 Å². The van der Waals surface area contributed by atoms with Crippen molar-refractivity contribution < 1.29 is 18.7 Å². The van der Waals surface area contributed by atoms with Gasteiger partial charge in [-0.1, -0.05) is 12.6 Å². The van der Waals surface area contributed by atoms with E-state index < -0.39 is 5.82 Å². The summed E-state index contributed by atoms with van der Waals surface area (Å²) in [6, 6.07) is 13.1. The van der Waals surface area contributed by atoms with E-state index >= 15 is 0 Å². The molecule has 1 aliphatic rings. The minimum Gasteiger partial charge on any atom is -0.494 e. The lowest BCUT2D eigenvalue weighted by Crippen LogP contribution is -2.31. The van der Waals surface area contributed by atoms with Gasteiger partial charge in [-0.3, -0.25) is 18.9 Å². The summed E-state index contributed by atoms with van der Waals surface area (Å²) < 4.78 is 28.4. The molecule has 1 fully saturated rings. The summed E-state index contributed by atoms with van der Waals surface area (Å²) in [5.74, 6) is -0.203. The van der Waals surface area contributed by atoms with Gasteiger partial charge in [0.25, 0.3) is 0 Å². The van der Waals surface area contributed by atoms with Crippen molar-refractivity contribution in [1.82, 2.24) is 19.0 Å². The van der Waals surface area contributed by atoms with E-state index in [9.17, 15) is 14.0 Å². The monoisotopic (exact) mass is 474 g/mol. The van der Waals surface area contributed by atoms with Gasteiger partial charge in [-0.15, -0.1) is 0 Å². The van der Waals surface area contributed by atoms with Crippen molar-refractivity contribution in [2.75, 3.05) is 20.2 Å². The number of fused-ring (bicyclic) bond motifs is 1. The van der Waals surface area contributed by atoms with Crippen LogP contribution in [0, 0.1) is 5.82 Å². The molecule has 1 saturated heterocycles. The normalized spacial score (nSPS) is 15.4. The molecular weight excluding hydrogens is 451 g/mol. The van der Waals surface area contributed by atoms with Crippen LogP contribution in [0.4, 0.5) is 4.39 Å². The Morgan fingerprint density at radius 3 is 2.66 bits per heavy atom. The highest BCUT2D eigenvalue weighted by molar-refractivity contribution is 5.87. The van der Waals surface area contributed by atoms with Gasteiger partial charge in [-0.05, 0) is 55.0 Å². The van der Waals surface area contributed by atoms with Crippen molar-refractivity contribution in [2.24, 2.45) is 0 Å². The molecule has 9 heteroatoms. The number of hydrogen-bond acceptors (Lipinski definition) is 5. The van der Waals surface area contributed by atoms with E-state index in [1.54, 1.807) is 62.8 Å². The number of ether oxygens (including phenoxy) is 2. The molecule has 5 rings (SSSR count). The van der Waals surface area contributed by atoms with Gasteiger partial charge >= 0.3 is 5.69 Å². The minimum atomic E-state index is -0.593. The molecule has 0 bridgehead atoms. The molecule has 1 unspecified atom stereocenters. The average molecular weight is 474 g/mol. The molecule has 4 aromatic rings. The second-order valence-corrected chi connectivity index (χ2v) is 8.15. The summed E-state index contributed by atoms with van der Waals surface area (Å²) in [5.41, 5.74) is 1.78. The van der Waals surface area contributed by atoms with Gasteiger partial charge in [-0.2, -0.15) is 4.39 Å². The zero-order chi connectivity index (χ0) is 24.5. The van der Waals surface area contributed by atoms with Crippen LogP contribution in [0.1, 0.15) is 12.5 Å². The number of rotatable bonds is 6. The molecule has 3 heterocycles. The first-order valence-corrected chi connectivity index (χ1v) is 11.1. The lowest BCUT2D eigenvalue weighted by molar-refractivity contribution is -0.125. The van der Waals surface area contributed by atoms with E-state index in [0.717, 1.165) is 5.52 Å². The lowest BCUT2D eigenvalue weighted by Gasteiger charge is -2.15. The number of carbonyl (C=O) groups is 1. The van der Waals surface area contributed by atoms with Gasteiger partial charge in [0.1, 0.15) is 5.75 Å². The molecule has 0 saturated carbocycles. The Kier molecular flexibility index (Phi) is 5.82. The number of carbonyl (C=O) groups excluding carboxylic acids is 1. The number of nitrogens with zero attached hydrogens (tertiary/aromatic N) is 4. The Balaban J connectivity index is 1.49. The average Bonchev–Trinajstić information content (AvgIpc) is 3.47. The smallest absolute Gasteiger partial charge is 0.334 e. The van der Waals surface area contributed by atoms with Crippen molar-refractivity contribution in [2.45, 2.75) is 12.5 Å². The van der Waals surface area contributed by atoms with Crippen LogP contribution in [0.2, 0.25) is 0 Å². The highest BCUT2D eigenvalue weighted by Gasteiger charge is 2.30. The van der Waals surface area contributed by atoms with Crippen molar-refractivity contribution in [3.8, 4) is 22.9 Å². The maximum atomic E-state index is 14.4. The number of imidazole rings is 1. The van der Waals surface area contributed by atoms with Crippen LogP contribution in [0.15, 0.2) is 78.4 Å². The molecule has 0 N–H and O–H groups in total. The summed E-state index contributed by atoms with van der Waals surface area (Å²) in [6.07, 6.45) is 5.24. The maximum Gasteiger partial charge on any atom is 0.334 e. The van der Waals surface area contributed by atoms with Crippen LogP contribution >= 0.6 is 0 Å². The van der Waals surface area contributed by atoms with Crippen molar-refractivity contribution in [3.05, 3.63) is 89.9 Å². The van der Waals surface area contributed by atoms with Crippen molar-refractivity contribution in [1.29, 1.82) is 0 Å². The molecule has 35 heavy (non-hydrogen) atoms. The van der Waals surface area contributed by atoms with Crippen LogP contribution < -0.4 is 15.2 Å². The SMILES string of the molecule is C=CC(=O)N1CCC(n2c(=O)n(-c3ccc(Oc4cccc(OC)c4F)cc3)c3cnccc32)C1. The number of aromatic nitrogens is 3. The molecule has 0 aliphatic carbocycles. The molecule has 1 atom stereocenters. The van der Waals surface area contributed by atoms with Gasteiger partial charge in [0, 0.05) is 19.3 Å². The van der Waals surface area contributed by atoms with Crippen molar-refractivity contribution in [3.63, 3.8) is 0 Å². The van der Waals surface area contributed by atoms with Crippen LogP contribution in [0.25, 0.3) is 16.7 Å². The second kappa shape index (κ2) is 9.09. The van der Waals surface area contributed by atoms with Gasteiger partial charge in [-0.25, -0.2) is 4.79 Å². The Bertz CT molecular complexity index is 1480. The largest absolute Gasteiger partial charge is 0.494 e. The summed E-state index contributed by atoms with van der Waals surface area (Å²) in [5, 5.41) is 0. The third kappa shape index (κ3) is 3.95. The van der Waals surface area contributed by atoms with E-state index in [1.165, 1.54) is 25.3 Å². The summed E-state index contributed by atoms with van der Waals surface area (Å²) >= 11 is 0. The Morgan fingerprint density at radius 1 is 1.14 bits per heavy atom. The van der Waals surface area contributed by atoms with Gasteiger partial charge in [0.2, 0.25) is 11.7 Å². The van der Waals surface area contributed by atoms with E-state index in [-0.39, 0.29) is 29.1 Å². The topological polar surface area (TPSA) is 78.6 Å². The number of pyridine rings is 1. The molecule has 1 amide bonds. The third-order valence-electron chi connectivity index (χ3n) is 6.16. The highest BCUT2D eigenvalue weighted by atomic mass is 19.1. The van der Waals surface area contributed by atoms with E-state index in [2.05, 4.69) is 11.6 Å². The predicted molar refractivity (Wildman–Crippen MR) is 129 cm³/mol. The number of likely N-dealkylation sites (tertiary alicyclic amines) is 1. The van der Waals surface area contributed by atoms with Gasteiger partial charge in [0.05, 0.1) is 36.1 Å². The molecule has 2 aromatic carbocycles. The zero-order valence-corrected chi connectivity index (χ0v) is 19.1. The third-order valence-corrected chi connectivity index (χ3v) is 6.16. The molecule has 1 aliphatic heterocycles. The Morgan fingerprint density at radius 2 is 1.91 bits per heavy atom. The first-order valence-electron chi connectivity index (χ1n) is 11.1. The fourth-order valence-corrected chi connectivity index (χ4v) is 4.47. The Hall–Kier alpha value is -4.40. The van der Waals surface area contributed by atoms with E-state index in [1.807, 2.05) is 0 Å². The number of hydrogen-bond donors (Lipinski definition) is 0. The lowest BCUT2D eigenvalue weighted by atomic mass is 10.2. The number of methoxy groups -OCH3 is 1. The maximum absolute atomic E-state index is 14.4. The fraction of sp³-hybridized carbons (Fsp3) is 0.192. The summed E-state index contributed by atoms with van der Waals surface area (Å²) in [7, 11) is 1.39. The highest BCUT2D eigenvalue weighted by Crippen LogP contribution is 2.31. The summed E-state index contributed by atoms with van der Waals surface area (Å²) in [4.78, 5) is 31.5.